The molecule has 0 aromatic carbocycles. The van der Waals surface area contributed by atoms with Crippen molar-refractivity contribution in [3.63, 3.8) is 0 Å². The van der Waals surface area contributed by atoms with Crippen LogP contribution in [-0.2, 0) is 65.4 Å². The molecule has 0 fully saturated rings. The summed E-state index contributed by atoms with van der Waals surface area (Å²) in [6.45, 7) is 9.45. The molecule has 0 aliphatic rings. The lowest BCUT2D eigenvalue weighted by molar-refractivity contribution is -0.161. The number of phosphoric acid groups is 2. The van der Waals surface area contributed by atoms with Crippen LogP contribution in [0.5, 0.6) is 0 Å². The van der Waals surface area contributed by atoms with E-state index in [1.807, 2.05) is 0 Å². The maximum atomic E-state index is 13.1. The fraction of sp³-hybridized carbons (Fsp3) is 0.899. The van der Waals surface area contributed by atoms with E-state index in [0.717, 1.165) is 121 Å². The highest BCUT2D eigenvalue weighted by Gasteiger charge is 2.30. The van der Waals surface area contributed by atoms with Crippen molar-refractivity contribution in [2.75, 3.05) is 39.6 Å². The lowest BCUT2D eigenvalue weighted by Crippen LogP contribution is -2.30. The molecule has 0 bridgehead atoms. The zero-order valence-electron chi connectivity index (χ0n) is 63.6. The molecule has 578 valence electrons. The largest absolute Gasteiger partial charge is 0.472 e. The van der Waals surface area contributed by atoms with Crippen molar-refractivity contribution in [3.05, 3.63) is 24.3 Å². The van der Waals surface area contributed by atoms with Gasteiger partial charge in [0.1, 0.15) is 19.3 Å². The van der Waals surface area contributed by atoms with Crippen LogP contribution in [0.4, 0.5) is 0 Å². The van der Waals surface area contributed by atoms with Crippen molar-refractivity contribution in [2.45, 2.75) is 407 Å². The van der Waals surface area contributed by atoms with Crippen LogP contribution in [0.2, 0.25) is 0 Å². The summed E-state index contributed by atoms with van der Waals surface area (Å²) in [4.78, 5) is 72.8. The summed E-state index contributed by atoms with van der Waals surface area (Å²) in [7, 11) is -9.93. The van der Waals surface area contributed by atoms with E-state index >= 15 is 0 Å². The van der Waals surface area contributed by atoms with Gasteiger partial charge in [0, 0.05) is 25.7 Å². The first-order chi connectivity index (χ1) is 47.4. The average molecular weight is 1430 g/mol. The molecular weight excluding hydrogens is 1280 g/mol. The first kappa shape index (κ1) is 95.5. The minimum atomic E-state index is -4.97. The molecule has 2 unspecified atom stereocenters. The van der Waals surface area contributed by atoms with Crippen molar-refractivity contribution < 1.29 is 80.2 Å². The van der Waals surface area contributed by atoms with Gasteiger partial charge in [0.15, 0.2) is 12.2 Å². The lowest BCUT2D eigenvalue weighted by atomic mass is 10.0. The SMILES string of the molecule is CCCCCC/C=C\C=C/CCCCCCCC(=O)OC[C@H](COP(=O)(O)OC[C@@H](O)COP(=O)(O)OC[C@@H](COC(=O)CCCCCCCCC(C)C)OC(=O)CCCCCCCCCCCCC(C)C)OC(=O)CCCCCCCCCCCCCCCCCCCCCCC. The van der Waals surface area contributed by atoms with Crippen LogP contribution in [0.3, 0.4) is 0 Å². The Morgan fingerprint density at radius 3 is 0.837 bits per heavy atom. The summed E-state index contributed by atoms with van der Waals surface area (Å²) in [5.74, 6) is -0.718. The summed E-state index contributed by atoms with van der Waals surface area (Å²) in [6, 6.07) is 0. The van der Waals surface area contributed by atoms with Crippen LogP contribution < -0.4 is 0 Å². The molecule has 0 spiro atoms. The van der Waals surface area contributed by atoms with E-state index in [2.05, 4.69) is 65.8 Å². The normalized spacial score (nSPS) is 14.1. The number of carbonyl (C=O) groups is 4. The second-order valence-corrected chi connectivity index (χ2v) is 31.6. The molecule has 17 nitrogen and oxygen atoms in total. The smallest absolute Gasteiger partial charge is 0.462 e. The van der Waals surface area contributed by atoms with Crippen LogP contribution in [0, 0.1) is 11.8 Å². The molecule has 5 atom stereocenters. The Kier molecular flexibility index (Phi) is 68.5. The first-order valence-corrected chi connectivity index (χ1v) is 43.3. The van der Waals surface area contributed by atoms with Crippen LogP contribution in [0.25, 0.3) is 0 Å². The van der Waals surface area contributed by atoms with E-state index in [0.29, 0.717) is 31.6 Å². The van der Waals surface area contributed by atoms with Crippen molar-refractivity contribution in [1.29, 1.82) is 0 Å². The van der Waals surface area contributed by atoms with Gasteiger partial charge in [-0.3, -0.25) is 37.3 Å². The van der Waals surface area contributed by atoms with Crippen molar-refractivity contribution in [2.24, 2.45) is 11.8 Å². The molecule has 0 aliphatic carbocycles. The minimum absolute atomic E-state index is 0.102. The van der Waals surface area contributed by atoms with Gasteiger partial charge in [0.2, 0.25) is 0 Å². The number of hydrogen-bond acceptors (Lipinski definition) is 15. The standard InChI is InChI=1S/C79H150O17P2/c1-7-9-11-13-15-17-19-21-23-24-25-26-27-28-30-32-34-39-43-51-57-63-78(83)95-74(67-89-76(81)61-55-49-42-38-33-31-29-22-20-18-16-14-12-10-8-2)69-93-97(85,86)91-65-73(80)66-92-98(87,88)94-70-75(68-90-77(82)62-56-50-46-45-48-54-60-72(5)6)96-79(84)64-58-52-44-40-36-35-37-41-47-53-59-71(3)4/h18,20,22,29,71-75,80H,7-17,19,21,23-28,30-70H2,1-6H3,(H,85,86)(H,87,88)/b20-18-,29-22-/t73-,74-,75-/m1/s1. The summed E-state index contributed by atoms with van der Waals surface area (Å²) in [5, 5.41) is 10.6. The van der Waals surface area contributed by atoms with E-state index in [4.69, 9.17) is 37.0 Å². The molecule has 3 N–H and O–H groups in total. The second-order valence-electron chi connectivity index (χ2n) is 28.7. The highest BCUT2D eigenvalue weighted by atomic mass is 31.2. The number of hydrogen-bond donors (Lipinski definition) is 3. The van der Waals surface area contributed by atoms with Crippen molar-refractivity contribution >= 4 is 39.5 Å². The van der Waals surface area contributed by atoms with Gasteiger partial charge in [-0.1, -0.05) is 336 Å². The van der Waals surface area contributed by atoms with Crippen LogP contribution in [-0.4, -0.2) is 96.7 Å². The predicted octanol–water partition coefficient (Wildman–Crippen LogP) is 23.1. The molecule has 19 heteroatoms. The number of esters is 4. The Labute approximate surface area is 599 Å². The van der Waals surface area contributed by atoms with Crippen LogP contribution in [0.1, 0.15) is 388 Å². The zero-order chi connectivity index (χ0) is 72.1. The van der Waals surface area contributed by atoms with Crippen molar-refractivity contribution in [3.8, 4) is 0 Å². The third kappa shape index (κ3) is 71.9. The van der Waals surface area contributed by atoms with Gasteiger partial charge in [-0.2, -0.15) is 0 Å². The molecule has 98 heavy (non-hydrogen) atoms. The lowest BCUT2D eigenvalue weighted by Gasteiger charge is -2.21. The summed E-state index contributed by atoms with van der Waals surface area (Å²) in [6.07, 6.45) is 62.2. The molecule has 0 rings (SSSR count). The molecule has 0 amide bonds. The summed E-state index contributed by atoms with van der Waals surface area (Å²) in [5.41, 5.74) is 0. The maximum absolute atomic E-state index is 13.1. The monoisotopic (exact) mass is 1430 g/mol. The quantitative estimate of drug-likeness (QED) is 0.0169. The summed E-state index contributed by atoms with van der Waals surface area (Å²) < 4.78 is 68.5. The highest BCUT2D eigenvalue weighted by molar-refractivity contribution is 7.47. The van der Waals surface area contributed by atoms with Gasteiger partial charge in [0.25, 0.3) is 0 Å². The van der Waals surface area contributed by atoms with Crippen molar-refractivity contribution in [1.82, 2.24) is 0 Å². The number of allylic oxidation sites excluding steroid dienone is 4. The van der Waals surface area contributed by atoms with Crippen LogP contribution >= 0.6 is 15.6 Å². The fourth-order valence-electron chi connectivity index (χ4n) is 11.6. The van der Waals surface area contributed by atoms with E-state index in [1.165, 1.54) is 180 Å². The Hall–Kier alpha value is -2.46. The zero-order valence-corrected chi connectivity index (χ0v) is 65.4. The minimum Gasteiger partial charge on any atom is -0.462 e. The van der Waals surface area contributed by atoms with E-state index in [1.54, 1.807) is 0 Å². The number of aliphatic hydroxyl groups is 1. The van der Waals surface area contributed by atoms with Gasteiger partial charge in [-0.15, -0.1) is 0 Å². The molecular formula is C79H150O17P2. The van der Waals surface area contributed by atoms with E-state index in [9.17, 15) is 43.2 Å². The topological polar surface area (TPSA) is 237 Å². The molecule has 0 radical (unpaired) electrons. The molecule has 0 aliphatic heterocycles. The third-order valence-electron chi connectivity index (χ3n) is 17.8. The second kappa shape index (κ2) is 70.2. The third-order valence-corrected chi connectivity index (χ3v) is 19.7. The Bertz CT molecular complexity index is 1980. The van der Waals surface area contributed by atoms with Gasteiger partial charge < -0.3 is 33.8 Å². The molecule has 0 aromatic rings. The fourth-order valence-corrected chi connectivity index (χ4v) is 13.2. The van der Waals surface area contributed by atoms with Gasteiger partial charge in [-0.25, -0.2) is 9.13 Å². The first-order valence-electron chi connectivity index (χ1n) is 40.3. The number of aliphatic hydroxyl groups excluding tert-OH is 1. The number of unbranched alkanes of at least 4 members (excludes halogenated alkanes) is 43. The molecule has 0 saturated heterocycles. The van der Waals surface area contributed by atoms with Crippen LogP contribution in [0.15, 0.2) is 24.3 Å². The van der Waals surface area contributed by atoms with E-state index in [-0.39, 0.29) is 25.7 Å². The van der Waals surface area contributed by atoms with Gasteiger partial charge >= 0.3 is 39.5 Å². The Morgan fingerprint density at radius 1 is 0.316 bits per heavy atom. The Balaban J connectivity index is 5.24. The summed E-state index contributed by atoms with van der Waals surface area (Å²) >= 11 is 0. The number of carbonyl (C=O) groups excluding carboxylic acids is 4. The Morgan fingerprint density at radius 2 is 0.551 bits per heavy atom. The molecule has 0 aromatic heterocycles. The number of phosphoric ester groups is 2. The highest BCUT2D eigenvalue weighted by Crippen LogP contribution is 2.45. The van der Waals surface area contributed by atoms with Gasteiger partial charge in [0.05, 0.1) is 26.4 Å². The number of ether oxygens (including phenoxy) is 4. The average Bonchev–Trinajstić information content (AvgIpc) is 1.05. The maximum Gasteiger partial charge on any atom is 0.472 e. The molecule has 0 heterocycles. The van der Waals surface area contributed by atoms with Gasteiger partial charge in [-0.05, 0) is 63.2 Å². The molecule has 0 saturated carbocycles. The van der Waals surface area contributed by atoms with E-state index < -0.39 is 97.5 Å². The number of rotatable bonds is 76. The predicted molar refractivity (Wildman–Crippen MR) is 400 cm³/mol.